The first kappa shape index (κ1) is 24.2. The zero-order valence-electron chi connectivity index (χ0n) is 25.9. The van der Waals surface area contributed by atoms with Crippen LogP contribution < -0.4 is 14.7 Å². The van der Waals surface area contributed by atoms with Gasteiger partial charge in [-0.1, -0.05) is 109 Å². The molecule has 3 heteroatoms. The Bertz CT molecular complexity index is 2010. The van der Waals surface area contributed by atoms with Crippen LogP contribution in [-0.4, -0.2) is 0 Å². The van der Waals surface area contributed by atoms with Crippen LogP contribution in [0.25, 0.3) is 0 Å². The van der Waals surface area contributed by atoms with Crippen molar-refractivity contribution in [1.29, 1.82) is 0 Å². The molecule has 13 rings (SSSR count). The van der Waals surface area contributed by atoms with Gasteiger partial charge in [0.25, 0.3) is 0 Å². The second-order valence-electron chi connectivity index (χ2n) is 13.9. The highest BCUT2D eigenvalue weighted by Crippen LogP contribution is 2.74. The van der Waals surface area contributed by atoms with Crippen LogP contribution >= 0.6 is 0 Å². The number of para-hydroxylation sites is 6. The van der Waals surface area contributed by atoms with E-state index in [4.69, 9.17) is 0 Å². The van der Waals surface area contributed by atoms with Crippen molar-refractivity contribution in [3.8, 4) is 0 Å². The summed E-state index contributed by atoms with van der Waals surface area (Å²) in [6.45, 7) is 0. The van der Waals surface area contributed by atoms with E-state index in [2.05, 4.69) is 160 Å². The lowest BCUT2D eigenvalue weighted by Crippen LogP contribution is -2.40. The molecule has 0 saturated heterocycles. The highest BCUT2D eigenvalue weighted by molar-refractivity contribution is 6.10. The van der Waals surface area contributed by atoms with Gasteiger partial charge >= 0.3 is 0 Å². The van der Waals surface area contributed by atoms with Gasteiger partial charge in [-0.05, 0) is 69.8 Å². The smallest absolute Gasteiger partial charge is 0.0587 e. The highest BCUT2D eigenvalue weighted by atomic mass is 15.2. The monoisotopic (exact) mass is 609 g/mol. The van der Waals surface area contributed by atoms with Gasteiger partial charge in [-0.3, -0.25) is 0 Å². The third kappa shape index (κ3) is 2.49. The fourth-order valence-electron chi connectivity index (χ4n) is 10.5. The highest BCUT2D eigenvalue weighted by Gasteiger charge is 2.54. The Morgan fingerprint density at radius 3 is 0.646 bits per heavy atom. The summed E-state index contributed by atoms with van der Waals surface area (Å²) in [5.41, 5.74) is 24.6. The van der Waals surface area contributed by atoms with E-state index in [0.717, 1.165) is 0 Å². The van der Waals surface area contributed by atoms with Gasteiger partial charge in [0.15, 0.2) is 0 Å². The maximum Gasteiger partial charge on any atom is 0.0587 e. The van der Waals surface area contributed by atoms with Crippen molar-refractivity contribution in [1.82, 2.24) is 0 Å². The summed E-state index contributed by atoms with van der Waals surface area (Å²) < 4.78 is 0. The third-order valence-corrected chi connectivity index (χ3v) is 12.0. The van der Waals surface area contributed by atoms with E-state index in [1.807, 2.05) is 0 Å². The van der Waals surface area contributed by atoms with Crippen molar-refractivity contribution in [2.75, 3.05) is 14.7 Å². The van der Waals surface area contributed by atoms with Crippen LogP contribution in [0.4, 0.5) is 51.2 Å². The maximum absolute atomic E-state index is 2.63. The Morgan fingerprint density at radius 2 is 0.438 bits per heavy atom. The molecular formula is C45H27N3. The molecule has 222 valence electrons. The number of hydrogen-bond acceptors (Lipinski definition) is 3. The number of fused-ring (bicyclic) bond motifs is 18. The van der Waals surface area contributed by atoms with Crippen molar-refractivity contribution >= 4 is 51.2 Å². The fraction of sp³-hybridized carbons (Fsp3) is 0.0667. The van der Waals surface area contributed by atoms with Gasteiger partial charge in [0.05, 0.1) is 51.2 Å². The minimum absolute atomic E-state index is 0.135. The second kappa shape index (κ2) is 8.07. The van der Waals surface area contributed by atoms with Crippen molar-refractivity contribution < 1.29 is 0 Å². The number of anilines is 9. The van der Waals surface area contributed by atoms with Crippen LogP contribution in [-0.2, 0) is 0 Å². The quantitative estimate of drug-likeness (QED) is 0.169. The van der Waals surface area contributed by atoms with Crippen LogP contribution in [0.15, 0.2) is 146 Å². The van der Waals surface area contributed by atoms with E-state index in [1.165, 1.54) is 101 Å². The predicted octanol–water partition coefficient (Wildman–Crippen LogP) is 11.5. The molecule has 0 atom stereocenters. The van der Waals surface area contributed by atoms with Crippen molar-refractivity contribution in [2.24, 2.45) is 0 Å². The summed E-state index contributed by atoms with van der Waals surface area (Å²) in [6, 6.07) is 55.1. The number of nitrogens with zero attached hydrogens (tertiary/aromatic N) is 3. The fourth-order valence-corrected chi connectivity index (χ4v) is 10.5. The van der Waals surface area contributed by atoms with Gasteiger partial charge in [-0.2, -0.15) is 0 Å². The molecule has 3 nitrogen and oxygen atoms in total. The van der Waals surface area contributed by atoms with Gasteiger partial charge in [-0.15, -0.1) is 0 Å². The molecule has 0 radical (unpaired) electrons. The van der Waals surface area contributed by atoms with Crippen LogP contribution in [0.1, 0.15) is 67.8 Å². The molecule has 0 spiro atoms. The molecule has 0 unspecified atom stereocenters. The summed E-state index contributed by atoms with van der Waals surface area (Å²) >= 11 is 0. The van der Waals surface area contributed by atoms with E-state index < -0.39 is 0 Å². The van der Waals surface area contributed by atoms with E-state index >= 15 is 0 Å². The summed E-state index contributed by atoms with van der Waals surface area (Å²) in [6.07, 6.45) is 0. The summed E-state index contributed by atoms with van der Waals surface area (Å²) in [4.78, 5) is 7.90. The Kier molecular flexibility index (Phi) is 4.06. The molecule has 0 bridgehead atoms. The standard InChI is InChI=1S/C45H27N3/c1-7-19-31-25(13-1)37-26-14-2-8-20-32(26)47-34-22-10-4-16-28(34)39-30-18-6-12-24-36(30)48-35-23-11-5-17-29(35)38-27-15-3-9-21-33(27)46(31)43-40(37)44(47)42(39)45(48)41(38)43/h1-24,37-39H. The molecule has 6 aliphatic heterocycles. The maximum atomic E-state index is 2.63. The summed E-state index contributed by atoms with van der Waals surface area (Å²) in [5.74, 6) is 0.406. The van der Waals surface area contributed by atoms with E-state index in [-0.39, 0.29) is 17.8 Å². The Hall–Kier alpha value is -6.06. The lowest BCUT2D eigenvalue weighted by atomic mass is 9.63. The third-order valence-electron chi connectivity index (χ3n) is 12.0. The minimum atomic E-state index is 0.135. The molecule has 7 aromatic rings. The number of hydrogen-bond donors (Lipinski definition) is 0. The molecule has 0 aromatic heterocycles. The minimum Gasteiger partial charge on any atom is -0.309 e. The molecule has 0 amide bonds. The molecule has 0 N–H and O–H groups in total. The topological polar surface area (TPSA) is 9.72 Å². The van der Waals surface area contributed by atoms with E-state index in [9.17, 15) is 0 Å². The zero-order chi connectivity index (χ0) is 30.8. The average Bonchev–Trinajstić information content (AvgIpc) is 3.16. The first-order valence-corrected chi connectivity index (χ1v) is 17.1. The van der Waals surface area contributed by atoms with E-state index in [1.54, 1.807) is 0 Å². The SMILES string of the molecule is c1ccc2c(c1)C1c3ccccc3N3c4ccccc4C4c5ccccc5N5c6ccccc6C6c7ccccc7N2c2c1c3c4c5c26. The van der Waals surface area contributed by atoms with Crippen LogP contribution in [0, 0.1) is 0 Å². The van der Waals surface area contributed by atoms with E-state index in [0.29, 0.717) is 0 Å². The first-order valence-electron chi connectivity index (χ1n) is 17.1. The van der Waals surface area contributed by atoms with Gasteiger partial charge in [-0.25, -0.2) is 0 Å². The molecule has 48 heavy (non-hydrogen) atoms. The Balaban J connectivity index is 1.31. The molecule has 0 aliphatic carbocycles. The molecule has 0 saturated carbocycles. The summed E-state index contributed by atoms with van der Waals surface area (Å²) in [7, 11) is 0. The van der Waals surface area contributed by atoms with Gasteiger partial charge in [0, 0.05) is 34.4 Å². The molecule has 0 fully saturated rings. The largest absolute Gasteiger partial charge is 0.309 e. The molecule has 6 heterocycles. The first-order chi connectivity index (χ1) is 23.9. The normalized spacial score (nSPS) is 19.8. The van der Waals surface area contributed by atoms with Crippen LogP contribution in [0.2, 0.25) is 0 Å². The number of rotatable bonds is 0. The second-order valence-corrected chi connectivity index (χ2v) is 13.9. The lowest BCUT2D eigenvalue weighted by molar-refractivity contribution is 0.806. The molecule has 7 aromatic carbocycles. The molecular weight excluding hydrogens is 583 g/mol. The Labute approximate surface area is 278 Å². The zero-order valence-corrected chi connectivity index (χ0v) is 25.9. The Morgan fingerprint density at radius 1 is 0.250 bits per heavy atom. The van der Waals surface area contributed by atoms with Gasteiger partial charge in [0.2, 0.25) is 0 Å². The van der Waals surface area contributed by atoms with Gasteiger partial charge in [0.1, 0.15) is 0 Å². The van der Waals surface area contributed by atoms with Crippen LogP contribution in [0.3, 0.4) is 0 Å². The lowest BCUT2D eigenvalue weighted by Gasteiger charge is -2.56. The van der Waals surface area contributed by atoms with Gasteiger partial charge < -0.3 is 14.7 Å². The van der Waals surface area contributed by atoms with Crippen molar-refractivity contribution in [2.45, 2.75) is 17.8 Å². The van der Waals surface area contributed by atoms with Crippen LogP contribution in [0.5, 0.6) is 0 Å². The van der Waals surface area contributed by atoms with Crippen molar-refractivity contribution in [3.05, 3.63) is 196 Å². The predicted molar refractivity (Wildman–Crippen MR) is 193 cm³/mol. The van der Waals surface area contributed by atoms with Crippen molar-refractivity contribution in [3.63, 3.8) is 0 Å². The average molecular weight is 610 g/mol. The summed E-state index contributed by atoms with van der Waals surface area (Å²) in [5, 5.41) is 0. The number of benzene rings is 7. The molecule has 6 aliphatic rings.